The van der Waals surface area contributed by atoms with Crippen LogP contribution in [0.25, 0.3) is 0 Å². The lowest BCUT2D eigenvalue weighted by Crippen LogP contribution is -2.45. The van der Waals surface area contributed by atoms with Gasteiger partial charge in [-0.25, -0.2) is 0 Å². The molecule has 0 aromatic heterocycles. The quantitative estimate of drug-likeness (QED) is 0.800. The Kier molecular flexibility index (Phi) is 5.12. The fraction of sp³-hybridized carbons (Fsp3) is 0.625. The Morgan fingerprint density at radius 1 is 1.37 bits per heavy atom. The van der Waals surface area contributed by atoms with E-state index in [2.05, 4.69) is 18.3 Å². The second-order valence-corrected chi connectivity index (χ2v) is 6.26. The van der Waals surface area contributed by atoms with Gasteiger partial charge in [-0.15, -0.1) is 0 Å². The Balaban J connectivity index is 2.09. The van der Waals surface area contributed by atoms with E-state index in [4.69, 9.17) is 17.3 Å². The molecule has 2 unspecified atom stereocenters. The summed E-state index contributed by atoms with van der Waals surface area (Å²) in [6, 6.07) is 7.95. The van der Waals surface area contributed by atoms with Crippen LogP contribution in [0.3, 0.4) is 0 Å². The average Bonchev–Trinajstić information content (AvgIpc) is 2.62. The van der Waals surface area contributed by atoms with Crippen LogP contribution in [0.15, 0.2) is 24.3 Å². The van der Waals surface area contributed by atoms with Crippen molar-refractivity contribution in [3.05, 3.63) is 29.3 Å². The molecule has 3 heteroatoms. The molecule has 0 bridgehead atoms. The van der Waals surface area contributed by atoms with E-state index in [0.29, 0.717) is 6.54 Å². The van der Waals surface area contributed by atoms with E-state index in [9.17, 15) is 0 Å². The fourth-order valence-electron chi connectivity index (χ4n) is 3.14. The van der Waals surface area contributed by atoms with Gasteiger partial charge in [0.05, 0.1) is 0 Å². The number of nitrogens with two attached hydrogens (primary N) is 1. The van der Waals surface area contributed by atoms with Crippen molar-refractivity contribution in [1.29, 1.82) is 0 Å². The lowest BCUT2D eigenvalue weighted by atomic mass is 9.89. The third-order valence-electron chi connectivity index (χ3n) is 4.50. The minimum absolute atomic E-state index is 0.0502. The summed E-state index contributed by atoms with van der Waals surface area (Å²) >= 11 is 6.06. The zero-order valence-electron chi connectivity index (χ0n) is 11.8. The van der Waals surface area contributed by atoms with Gasteiger partial charge in [0.2, 0.25) is 0 Å². The molecule has 1 aliphatic carbocycles. The van der Waals surface area contributed by atoms with Gasteiger partial charge in [0.25, 0.3) is 0 Å². The second-order valence-electron chi connectivity index (χ2n) is 5.82. The number of nitrogens with one attached hydrogen (secondary N) is 1. The molecular formula is C16H25ClN2. The summed E-state index contributed by atoms with van der Waals surface area (Å²) in [5.74, 6) is 0.870. The van der Waals surface area contributed by atoms with Crippen molar-refractivity contribution in [3.8, 4) is 0 Å². The highest BCUT2D eigenvalue weighted by Crippen LogP contribution is 2.34. The molecule has 2 nitrogen and oxygen atoms in total. The minimum atomic E-state index is 0.0502. The summed E-state index contributed by atoms with van der Waals surface area (Å²) in [5.41, 5.74) is 7.23. The molecule has 2 atom stereocenters. The Hall–Kier alpha value is -0.730. The maximum atomic E-state index is 6.08. The summed E-state index contributed by atoms with van der Waals surface area (Å²) in [5, 5.41) is 4.44. The summed E-state index contributed by atoms with van der Waals surface area (Å²) < 4.78 is 0. The van der Waals surface area contributed by atoms with Crippen molar-refractivity contribution >= 4 is 17.3 Å². The molecule has 1 fully saturated rings. The van der Waals surface area contributed by atoms with Gasteiger partial charge < -0.3 is 11.1 Å². The smallest absolute Gasteiger partial charge is 0.0495 e. The van der Waals surface area contributed by atoms with Crippen LogP contribution in [0.5, 0.6) is 0 Å². The summed E-state index contributed by atoms with van der Waals surface area (Å²) in [7, 11) is 0. The Bertz CT molecular complexity index is 407. The van der Waals surface area contributed by atoms with Gasteiger partial charge in [0.1, 0.15) is 0 Å². The molecule has 1 aromatic carbocycles. The Morgan fingerprint density at radius 2 is 2.21 bits per heavy atom. The van der Waals surface area contributed by atoms with Crippen LogP contribution < -0.4 is 11.1 Å². The second kappa shape index (κ2) is 6.62. The molecule has 2 rings (SSSR count). The first kappa shape index (κ1) is 14.7. The van der Waals surface area contributed by atoms with E-state index in [1.54, 1.807) is 0 Å². The number of hydrogen-bond acceptors (Lipinski definition) is 2. The van der Waals surface area contributed by atoms with Gasteiger partial charge in [-0.3, -0.25) is 0 Å². The van der Waals surface area contributed by atoms with Crippen LogP contribution in [0.2, 0.25) is 5.02 Å². The highest BCUT2D eigenvalue weighted by molar-refractivity contribution is 6.30. The predicted octanol–water partition coefficient (Wildman–Crippen LogP) is 4.44. The molecule has 0 aliphatic heterocycles. The molecular weight excluding hydrogens is 256 g/mol. The standard InChI is InChI=1S/C16H25ClN2/c1-2-13-5-4-9-16(12-18,10-8-13)19-15-7-3-6-14(17)11-15/h3,6-7,11,13,19H,2,4-5,8-10,12,18H2,1H3. The topological polar surface area (TPSA) is 38.0 Å². The van der Waals surface area contributed by atoms with Gasteiger partial charge in [-0.1, -0.05) is 43.9 Å². The fourth-order valence-corrected chi connectivity index (χ4v) is 3.33. The highest BCUT2D eigenvalue weighted by atomic mass is 35.5. The van der Waals surface area contributed by atoms with Crippen molar-refractivity contribution < 1.29 is 0 Å². The van der Waals surface area contributed by atoms with Gasteiger partial charge in [-0.05, 0) is 43.4 Å². The Morgan fingerprint density at radius 3 is 2.89 bits per heavy atom. The normalized spacial score (nSPS) is 27.8. The van der Waals surface area contributed by atoms with E-state index < -0.39 is 0 Å². The van der Waals surface area contributed by atoms with Crippen molar-refractivity contribution in [3.63, 3.8) is 0 Å². The summed E-state index contributed by atoms with van der Waals surface area (Å²) in [6.07, 6.45) is 7.50. The molecule has 1 aromatic rings. The lowest BCUT2D eigenvalue weighted by molar-refractivity contribution is 0.398. The first-order valence-corrected chi connectivity index (χ1v) is 7.79. The molecule has 3 N–H and O–H groups in total. The third-order valence-corrected chi connectivity index (χ3v) is 4.74. The van der Waals surface area contributed by atoms with Gasteiger partial charge in [-0.2, -0.15) is 0 Å². The summed E-state index contributed by atoms with van der Waals surface area (Å²) in [6.45, 7) is 2.99. The Labute approximate surface area is 121 Å². The highest BCUT2D eigenvalue weighted by Gasteiger charge is 2.31. The lowest BCUT2D eigenvalue weighted by Gasteiger charge is -2.34. The molecule has 106 valence electrons. The molecule has 0 radical (unpaired) electrons. The first-order chi connectivity index (χ1) is 9.17. The zero-order chi connectivity index (χ0) is 13.7. The van der Waals surface area contributed by atoms with Crippen molar-refractivity contribution in [1.82, 2.24) is 0 Å². The molecule has 0 amide bonds. The third kappa shape index (κ3) is 3.87. The SMILES string of the molecule is CCC1CCCC(CN)(Nc2cccc(Cl)c2)CC1. The van der Waals surface area contributed by atoms with Crippen LogP contribution in [-0.4, -0.2) is 12.1 Å². The molecule has 0 saturated heterocycles. The van der Waals surface area contributed by atoms with Crippen LogP contribution in [0.1, 0.15) is 45.4 Å². The van der Waals surface area contributed by atoms with Crippen LogP contribution in [0, 0.1) is 5.92 Å². The summed E-state index contributed by atoms with van der Waals surface area (Å²) in [4.78, 5) is 0. The maximum Gasteiger partial charge on any atom is 0.0495 e. The zero-order valence-corrected chi connectivity index (χ0v) is 12.5. The van der Waals surface area contributed by atoms with Crippen LogP contribution >= 0.6 is 11.6 Å². The number of benzene rings is 1. The van der Waals surface area contributed by atoms with E-state index in [1.165, 1.54) is 25.7 Å². The molecule has 1 aliphatic rings. The minimum Gasteiger partial charge on any atom is -0.378 e. The number of anilines is 1. The number of halogens is 1. The molecule has 19 heavy (non-hydrogen) atoms. The van der Waals surface area contributed by atoms with Gasteiger partial charge >= 0.3 is 0 Å². The maximum absolute atomic E-state index is 6.08. The van der Waals surface area contributed by atoms with Gasteiger partial charge in [0.15, 0.2) is 0 Å². The van der Waals surface area contributed by atoms with Gasteiger partial charge in [0, 0.05) is 22.8 Å². The van der Waals surface area contributed by atoms with Crippen LogP contribution in [0.4, 0.5) is 5.69 Å². The van der Waals surface area contributed by atoms with E-state index >= 15 is 0 Å². The van der Waals surface area contributed by atoms with Crippen LogP contribution in [-0.2, 0) is 0 Å². The van der Waals surface area contributed by atoms with E-state index in [1.807, 2.05) is 18.2 Å². The molecule has 0 heterocycles. The number of hydrogen-bond donors (Lipinski definition) is 2. The predicted molar refractivity (Wildman–Crippen MR) is 83.7 cm³/mol. The molecule has 1 saturated carbocycles. The largest absolute Gasteiger partial charge is 0.378 e. The van der Waals surface area contributed by atoms with Crippen molar-refractivity contribution in [2.75, 3.05) is 11.9 Å². The number of rotatable bonds is 4. The van der Waals surface area contributed by atoms with E-state index in [-0.39, 0.29) is 5.54 Å². The van der Waals surface area contributed by atoms with E-state index in [0.717, 1.165) is 29.5 Å². The molecule has 0 spiro atoms. The van der Waals surface area contributed by atoms with Crippen molar-refractivity contribution in [2.24, 2.45) is 11.7 Å². The first-order valence-electron chi connectivity index (χ1n) is 7.41. The monoisotopic (exact) mass is 280 g/mol. The average molecular weight is 281 g/mol. The van der Waals surface area contributed by atoms with Crippen molar-refractivity contribution in [2.45, 2.75) is 51.0 Å².